The SMILES string of the molecule is CCNC(Cc1cc(F)ccc1C)c1ccc(Br)cc1F. The highest BCUT2D eigenvalue weighted by atomic mass is 79.9. The second kappa shape index (κ2) is 7.14. The number of likely N-dealkylation sites (N-methyl/N-ethyl adjacent to an activating group) is 1. The van der Waals surface area contributed by atoms with E-state index >= 15 is 0 Å². The second-order valence-electron chi connectivity index (χ2n) is 5.05. The smallest absolute Gasteiger partial charge is 0.129 e. The summed E-state index contributed by atoms with van der Waals surface area (Å²) in [5.74, 6) is -0.522. The third-order valence-corrected chi connectivity index (χ3v) is 4.02. The van der Waals surface area contributed by atoms with Crippen molar-refractivity contribution >= 4 is 15.9 Å². The Kier molecular flexibility index (Phi) is 5.48. The average Bonchev–Trinajstić information content (AvgIpc) is 2.42. The number of benzene rings is 2. The van der Waals surface area contributed by atoms with E-state index in [1.54, 1.807) is 12.1 Å². The molecule has 2 rings (SSSR count). The summed E-state index contributed by atoms with van der Waals surface area (Å²) in [6.07, 6.45) is 0.552. The van der Waals surface area contributed by atoms with E-state index in [9.17, 15) is 8.78 Å². The van der Waals surface area contributed by atoms with Gasteiger partial charge in [0.25, 0.3) is 0 Å². The van der Waals surface area contributed by atoms with Crippen molar-refractivity contribution in [1.29, 1.82) is 0 Å². The van der Waals surface area contributed by atoms with E-state index in [1.807, 2.05) is 19.9 Å². The van der Waals surface area contributed by atoms with Gasteiger partial charge >= 0.3 is 0 Å². The third kappa shape index (κ3) is 4.11. The van der Waals surface area contributed by atoms with Crippen molar-refractivity contribution in [3.05, 3.63) is 69.2 Å². The molecule has 0 radical (unpaired) electrons. The van der Waals surface area contributed by atoms with Gasteiger partial charge in [-0.2, -0.15) is 0 Å². The number of rotatable bonds is 5. The molecule has 0 fully saturated rings. The summed E-state index contributed by atoms with van der Waals surface area (Å²) in [6.45, 7) is 4.63. The zero-order valence-electron chi connectivity index (χ0n) is 12.1. The lowest BCUT2D eigenvalue weighted by Crippen LogP contribution is -2.24. The van der Waals surface area contributed by atoms with E-state index < -0.39 is 0 Å². The average molecular weight is 354 g/mol. The Morgan fingerprint density at radius 2 is 1.90 bits per heavy atom. The molecular weight excluding hydrogens is 336 g/mol. The fourth-order valence-electron chi connectivity index (χ4n) is 2.40. The summed E-state index contributed by atoms with van der Waals surface area (Å²) in [4.78, 5) is 0. The number of aryl methyl sites for hydroxylation is 1. The van der Waals surface area contributed by atoms with Crippen LogP contribution in [0.3, 0.4) is 0 Å². The molecule has 4 heteroatoms. The first kappa shape index (κ1) is 16.1. The molecule has 112 valence electrons. The van der Waals surface area contributed by atoms with Crippen molar-refractivity contribution < 1.29 is 8.78 Å². The maximum Gasteiger partial charge on any atom is 0.129 e. The minimum absolute atomic E-state index is 0.177. The Morgan fingerprint density at radius 1 is 1.14 bits per heavy atom. The maximum atomic E-state index is 14.2. The van der Waals surface area contributed by atoms with Crippen LogP contribution in [0.1, 0.15) is 29.7 Å². The van der Waals surface area contributed by atoms with Crippen LogP contribution >= 0.6 is 15.9 Å². The molecule has 0 bridgehead atoms. The molecule has 0 amide bonds. The molecule has 0 aliphatic carbocycles. The number of nitrogens with one attached hydrogen (secondary N) is 1. The molecule has 0 saturated heterocycles. The molecule has 0 saturated carbocycles. The van der Waals surface area contributed by atoms with Crippen LogP contribution in [0.15, 0.2) is 40.9 Å². The Bertz CT molecular complexity index is 628. The predicted molar refractivity (Wildman–Crippen MR) is 85.4 cm³/mol. The highest BCUT2D eigenvalue weighted by molar-refractivity contribution is 9.10. The maximum absolute atomic E-state index is 14.2. The second-order valence-corrected chi connectivity index (χ2v) is 5.97. The van der Waals surface area contributed by atoms with Gasteiger partial charge in [0.1, 0.15) is 11.6 Å². The predicted octanol–water partition coefficient (Wildman–Crippen LogP) is 4.93. The number of halogens is 3. The summed E-state index contributed by atoms with van der Waals surface area (Å²) < 4.78 is 28.3. The van der Waals surface area contributed by atoms with Gasteiger partial charge in [0.2, 0.25) is 0 Å². The highest BCUT2D eigenvalue weighted by Gasteiger charge is 2.17. The van der Waals surface area contributed by atoms with Crippen LogP contribution in [0.25, 0.3) is 0 Å². The van der Waals surface area contributed by atoms with Gasteiger partial charge in [-0.05, 0) is 55.3 Å². The normalized spacial score (nSPS) is 12.4. The van der Waals surface area contributed by atoms with Crippen molar-refractivity contribution in [3.63, 3.8) is 0 Å². The molecule has 0 aliphatic rings. The fourth-order valence-corrected chi connectivity index (χ4v) is 2.74. The van der Waals surface area contributed by atoms with Gasteiger partial charge < -0.3 is 5.32 Å². The molecule has 2 aromatic rings. The summed E-state index contributed by atoms with van der Waals surface area (Å²) >= 11 is 3.26. The van der Waals surface area contributed by atoms with Crippen molar-refractivity contribution in [1.82, 2.24) is 5.32 Å². The van der Waals surface area contributed by atoms with Gasteiger partial charge in [0.05, 0.1) is 0 Å². The zero-order valence-corrected chi connectivity index (χ0v) is 13.7. The van der Waals surface area contributed by atoms with E-state index in [-0.39, 0.29) is 17.7 Å². The van der Waals surface area contributed by atoms with Gasteiger partial charge in [0.15, 0.2) is 0 Å². The summed E-state index contributed by atoms with van der Waals surface area (Å²) in [5.41, 5.74) is 2.50. The largest absolute Gasteiger partial charge is 0.310 e. The van der Waals surface area contributed by atoms with Crippen LogP contribution in [-0.2, 0) is 6.42 Å². The lowest BCUT2D eigenvalue weighted by molar-refractivity contribution is 0.507. The topological polar surface area (TPSA) is 12.0 Å². The summed E-state index contributed by atoms with van der Waals surface area (Å²) in [5, 5.41) is 3.28. The summed E-state index contributed by atoms with van der Waals surface area (Å²) in [6, 6.07) is 9.59. The minimum atomic E-state index is -0.262. The van der Waals surface area contributed by atoms with Gasteiger partial charge in [-0.25, -0.2) is 8.78 Å². The molecule has 1 N–H and O–H groups in total. The van der Waals surface area contributed by atoms with Gasteiger partial charge in [-0.15, -0.1) is 0 Å². The molecule has 0 heterocycles. The molecule has 2 aromatic carbocycles. The van der Waals surface area contributed by atoms with E-state index in [2.05, 4.69) is 21.2 Å². The van der Waals surface area contributed by atoms with Crippen molar-refractivity contribution in [2.24, 2.45) is 0 Å². The molecule has 1 unspecified atom stereocenters. The molecule has 0 aliphatic heterocycles. The number of hydrogen-bond donors (Lipinski definition) is 1. The standard InChI is InChI=1S/C17H18BrF2N/c1-3-21-17(15-7-5-13(18)10-16(15)20)9-12-8-14(19)6-4-11(12)2/h4-8,10,17,21H,3,9H2,1-2H3. The first-order valence-electron chi connectivity index (χ1n) is 6.94. The van der Waals surface area contributed by atoms with Crippen LogP contribution in [0.5, 0.6) is 0 Å². The molecule has 1 atom stereocenters. The van der Waals surface area contributed by atoms with Crippen molar-refractivity contribution in [2.45, 2.75) is 26.3 Å². The van der Waals surface area contributed by atoms with Crippen molar-refractivity contribution in [3.8, 4) is 0 Å². The van der Waals surface area contributed by atoms with Crippen LogP contribution < -0.4 is 5.32 Å². The van der Waals surface area contributed by atoms with Crippen LogP contribution in [0.2, 0.25) is 0 Å². The Labute approximate surface area is 132 Å². The lowest BCUT2D eigenvalue weighted by atomic mass is 9.95. The van der Waals surface area contributed by atoms with Crippen LogP contribution in [-0.4, -0.2) is 6.54 Å². The van der Waals surface area contributed by atoms with Gasteiger partial charge in [-0.1, -0.05) is 35.0 Å². The Morgan fingerprint density at radius 3 is 2.57 bits per heavy atom. The molecular formula is C17H18BrF2N. The molecule has 21 heavy (non-hydrogen) atoms. The fraction of sp³-hybridized carbons (Fsp3) is 0.294. The van der Waals surface area contributed by atoms with E-state index in [4.69, 9.17) is 0 Å². The highest BCUT2D eigenvalue weighted by Crippen LogP contribution is 2.25. The van der Waals surface area contributed by atoms with Crippen LogP contribution in [0.4, 0.5) is 8.78 Å². The van der Waals surface area contributed by atoms with Gasteiger partial charge in [-0.3, -0.25) is 0 Å². The zero-order chi connectivity index (χ0) is 15.4. The minimum Gasteiger partial charge on any atom is -0.310 e. The summed E-state index contributed by atoms with van der Waals surface area (Å²) in [7, 11) is 0. The first-order valence-corrected chi connectivity index (χ1v) is 7.74. The van der Waals surface area contributed by atoms with Crippen LogP contribution in [0, 0.1) is 18.6 Å². The molecule has 0 spiro atoms. The molecule has 1 nitrogen and oxygen atoms in total. The molecule has 0 aromatic heterocycles. The third-order valence-electron chi connectivity index (χ3n) is 3.52. The monoisotopic (exact) mass is 353 g/mol. The number of hydrogen-bond acceptors (Lipinski definition) is 1. The Balaban J connectivity index is 2.32. The quantitative estimate of drug-likeness (QED) is 0.803. The lowest BCUT2D eigenvalue weighted by Gasteiger charge is -2.20. The van der Waals surface area contributed by atoms with E-state index in [0.29, 0.717) is 23.0 Å². The van der Waals surface area contributed by atoms with Gasteiger partial charge in [0, 0.05) is 16.1 Å². The Hall–Kier alpha value is -1.26. The first-order chi connectivity index (χ1) is 10.0. The van der Waals surface area contributed by atoms with E-state index in [1.165, 1.54) is 18.2 Å². The van der Waals surface area contributed by atoms with Crippen molar-refractivity contribution in [2.75, 3.05) is 6.54 Å². The van der Waals surface area contributed by atoms with E-state index in [0.717, 1.165) is 11.1 Å².